The number of phenols is 1. The maximum Gasteiger partial charge on any atom is 0.347 e. The highest BCUT2D eigenvalue weighted by Gasteiger charge is 2.68. The predicted octanol–water partition coefficient (Wildman–Crippen LogP) is 5.13. The van der Waals surface area contributed by atoms with E-state index in [1.54, 1.807) is 73.8 Å². The second-order valence-corrected chi connectivity index (χ2v) is 15.7. The monoisotopic (exact) mass is 834 g/mol. The number of aromatic nitrogens is 5. The Morgan fingerprint density at radius 1 is 0.881 bits per heavy atom. The van der Waals surface area contributed by atoms with Gasteiger partial charge < -0.3 is 19.1 Å². The smallest absolute Gasteiger partial charge is 0.347 e. The van der Waals surface area contributed by atoms with Gasteiger partial charge in [-0.05, 0) is 53.5 Å². The number of phenolic OH excluding ortho intramolecular Hbond substituents is 1. The molecule has 2 aliphatic heterocycles. The SMILES string of the molecule is COc1cc2nc(CCn3c(=O)n4n(c3=O)[C@@H]3C[C@H]5C(=O)N(c6cccc(Cl)c6)C(=O)[C@@]5(c5ccccc5)[C@@H](c5ccc(O)cc5Cl)C3=CC4)c(=O)n(C)c2cc1OC. The summed E-state index contributed by atoms with van der Waals surface area (Å²) in [6, 6.07) is 22.4. The molecule has 2 amide bonds. The normalized spacial score (nSPS) is 20.9. The molecule has 1 saturated heterocycles. The van der Waals surface area contributed by atoms with Crippen molar-refractivity contribution in [1.29, 1.82) is 0 Å². The third kappa shape index (κ3) is 5.60. The lowest BCUT2D eigenvalue weighted by atomic mass is 9.53. The van der Waals surface area contributed by atoms with E-state index in [1.165, 1.54) is 40.3 Å². The number of carbonyl (C=O) groups excluding carboxylic acids is 2. The Labute approximate surface area is 345 Å². The number of hydrogen-bond acceptors (Lipinski definition) is 9. The van der Waals surface area contributed by atoms with Crippen LogP contribution in [-0.4, -0.2) is 54.6 Å². The van der Waals surface area contributed by atoms with Gasteiger partial charge in [0.05, 0.1) is 54.9 Å². The molecule has 300 valence electrons. The first-order chi connectivity index (χ1) is 28.4. The zero-order chi connectivity index (χ0) is 41.5. The summed E-state index contributed by atoms with van der Waals surface area (Å²) in [6.45, 7) is -0.204. The molecule has 1 saturated carbocycles. The molecule has 16 heteroatoms. The summed E-state index contributed by atoms with van der Waals surface area (Å²) in [6.07, 6.45) is 1.76. The number of aromatic hydroxyl groups is 1. The molecule has 4 heterocycles. The summed E-state index contributed by atoms with van der Waals surface area (Å²) in [4.78, 5) is 78.4. The molecule has 14 nitrogen and oxygen atoms in total. The summed E-state index contributed by atoms with van der Waals surface area (Å²) in [5.74, 6) is -2.23. The molecule has 0 bridgehead atoms. The van der Waals surface area contributed by atoms with E-state index in [2.05, 4.69) is 4.98 Å². The maximum absolute atomic E-state index is 15.4. The van der Waals surface area contributed by atoms with E-state index in [0.29, 0.717) is 44.3 Å². The van der Waals surface area contributed by atoms with E-state index in [4.69, 9.17) is 32.7 Å². The molecule has 1 aliphatic carbocycles. The van der Waals surface area contributed by atoms with E-state index in [1.807, 2.05) is 12.1 Å². The highest BCUT2D eigenvalue weighted by atomic mass is 35.5. The molecular formula is C43H36Cl2N6O8. The Kier molecular flexibility index (Phi) is 9.16. The van der Waals surface area contributed by atoms with Crippen LogP contribution in [0.2, 0.25) is 10.0 Å². The standard InChI is InChI=1S/C43H36Cl2N6O8/c1-47-34-22-36(59-3)35(58-2)21-32(34)46-31(39(47)54)15-16-48-41(56)49-17-14-28-33(51(49)42(48)57)20-29-38(53)50(25-11-7-10-24(44)18-25)40(55)43(29,23-8-5-4-6-9-23)37(28)27-13-12-26(52)19-30(27)45/h4-14,18-19,21-22,29,33,37,52H,15-17,20H2,1-3H3/t29-,33+,37-,43+/m0/s1. The van der Waals surface area contributed by atoms with Crippen LogP contribution >= 0.6 is 23.2 Å². The third-order valence-corrected chi connectivity index (χ3v) is 12.6. The van der Waals surface area contributed by atoms with Crippen molar-refractivity contribution in [2.24, 2.45) is 13.0 Å². The number of amides is 2. The number of imide groups is 1. The van der Waals surface area contributed by atoms with Crippen molar-refractivity contribution in [3.8, 4) is 17.2 Å². The van der Waals surface area contributed by atoms with Gasteiger partial charge >= 0.3 is 11.4 Å². The van der Waals surface area contributed by atoms with Gasteiger partial charge in [-0.1, -0.05) is 71.7 Å². The van der Waals surface area contributed by atoms with Crippen LogP contribution in [0.4, 0.5) is 5.69 Å². The number of hydrogen-bond donors (Lipinski definition) is 1. The van der Waals surface area contributed by atoms with E-state index in [0.717, 1.165) is 9.47 Å². The van der Waals surface area contributed by atoms with E-state index in [-0.39, 0.29) is 48.1 Å². The summed E-state index contributed by atoms with van der Waals surface area (Å²) in [5.41, 5.74) is -0.207. The Bertz CT molecular complexity index is 2970. The van der Waals surface area contributed by atoms with Gasteiger partial charge in [0.15, 0.2) is 11.5 Å². The molecular weight excluding hydrogens is 799 g/mol. The van der Waals surface area contributed by atoms with Gasteiger partial charge in [0, 0.05) is 48.1 Å². The molecule has 0 spiro atoms. The Morgan fingerprint density at radius 3 is 2.34 bits per heavy atom. The molecule has 2 fully saturated rings. The van der Waals surface area contributed by atoms with Gasteiger partial charge in [-0.2, -0.15) is 0 Å². The van der Waals surface area contributed by atoms with Crippen LogP contribution < -0.4 is 31.3 Å². The molecule has 1 N–H and O–H groups in total. The van der Waals surface area contributed by atoms with Gasteiger partial charge in [0.2, 0.25) is 11.8 Å². The van der Waals surface area contributed by atoms with Crippen LogP contribution in [0.15, 0.2) is 111 Å². The first-order valence-electron chi connectivity index (χ1n) is 18.8. The fraction of sp³-hybridized carbons (Fsp3) is 0.256. The third-order valence-electron chi connectivity index (χ3n) is 12.0. The largest absolute Gasteiger partial charge is 0.508 e. The minimum absolute atomic E-state index is 0.0179. The number of nitrogens with zero attached hydrogens (tertiary/aromatic N) is 6. The molecule has 0 radical (unpaired) electrons. The lowest BCUT2D eigenvalue weighted by Gasteiger charge is -2.49. The van der Waals surface area contributed by atoms with Gasteiger partial charge in [0.25, 0.3) is 5.56 Å². The first kappa shape index (κ1) is 38.2. The van der Waals surface area contributed by atoms with Crippen molar-refractivity contribution in [3.63, 3.8) is 0 Å². The summed E-state index contributed by atoms with van der Waals surface area (Å²) >= 11 is 13.4. The average Bonchev–Trinajstić information content (AvgIpc) is 3.61. The number of ether oxygens (including phenoxy) is 2. The predicted molar refractivity (Wildman–Crippen MR) is 220 cm³/mol. The zero-order valence-electron chi connectivity index (χ0n) is 32.0. The van der Waals surface area contributed by atoms with E-state index < -0.39 is 52.0 Å². The maximum atomic E-state index is 15.4. The number of fused-ring (bicyclic) bond motifs is 5. The van der Waals surface area contributed by atoms with E-state index >= 15 is 4.79 Å². The molecule has 6 aromatic rings. The molecule has 4 aromatic carbocycles. The highest BCUT2D eigenvalue weighted by molar-refractivity contribution is 6.33. The number of carbonyl (C=O) groups is 2. The Hall–Kier alpha value is -6.38. The molecule has 4 atom stereocenters. The Morgan fingerprint density at radius 2 is 1.63 bits per heavy atom. The van der Waals surface area contributed by atoms with Crippen LogP contribution in [0, 0.1) is 5.92 Å². The van der Waals surface area contributed by atoms with Crippen molar-refractivity contribution >= 4 is 51.7 Å². The molecule has 0 unspecified atom stereocenters. The number of halogens is 2. The lowest BCUT2D eigenvalue weighted by Crippen LogP contribution is -2.53. The average molecular weight is 836 g/mol. The highest BCUT2D eigenvalue weighted by Crippen LogP contribution is 2.63. The van der Waals surface area contributed by atoms with Gasteiger partial charge in [-0.25, -0.2) is 33.4 Å². The summed E-state index contributed by atoms with van der Waals surface area (Å²) < 4.78 is 16.0. The molecule has 59 heavy (non-hydrogen) atoms. The fourth-order valence-corrected chi connectivity index (χ4v) is 9.90. The van der Waals surface area contributed by atoms with Crippen molar-refractivity contribution < 1.29 is 24.2 Å². The number of anilines is 1. The van der Waals surface area contributed by atoms with Gasteiger partial charge in [-0.15, -0.1) is 0 Å². The topological polar surface area (TPSA) is 160 Å². The second kappa shape index (κ2) is 14.2. The second-order valence-electron chi connectivity index (χ2n) is 14.9. The fourth-order valence-electron chi connectivity index (χ4n) is 9.43. The van der Waals surface area contributed by atoms with Gasteiger partial charge in [-0.3, -0.25) is 14.4 Å². The number of rotatable bonds is 8. The first-order valence-corrected chi connectivity index (χ1v) is 19.6. The Balaban J connectivity index is 1.18. The van der Waals surface area contributed by atoms with Crippen LogP contribution in [0.1, 0.15) is 35.2 Å². The van der Waals surface area contributed by atoms with Crippen molar-refractivity contribution in [2.75, 3.05) is 19.1 Å². The van der Waals surface area contributed by atoms with E-state index in [9.17, 15) is 24.3 Å². The molecule has 3 aliphatic rings. The minimum atomic E-state index is -1.56. The number of methoxy groups -OCH3 is 2. The number of allylic oxidation sites excluding steroid dienone is 2. The zero-order valence-corrected chi connectivity index (χ0v) is 33.5. The summed E-state index contributed by atoms with van der Waals surface area (Å²) in [7, 11) is 4.59. The van der Waals surface area contributed by atoms with Gasteiger partial charge in [0.1, 0.15) is 11.4 Å². The van der Waals surface area contributed by atoms with Crippen molar-refractivity contribution in [2.45, 2.75) is 43.3 Å². The van der Waals surface area contributed by atoms with Crippen molar-refractivity contribution in [1.82, 2.24) is 23.5 Å². The van der Waals surface area contributed by atoms with Crippen LogP contribution in [0.3, 0.4) is 0 Å². The molecule has 2 aromatic heterocycles. The van der Waals surface area contributed by atoms with Crippen LogP contribution in [0.5, 0.6) is 17.2 Å². The number of aryl methyl sites for hydroxylation is 2. The van der Waals surface area contributed by atoms with Crippen LogP contribution in [0.25, 0.3) is 11.0 Å². The quantitative estimate of drug-likeness (QED) is 0.162. The lowest BCUT2D eigenvalue weighted by molar-refractivity contribution is -0.124. The molecule has 9 rings (SSSR count). The van der Waals surface area contributed by atoms with Crippen molar-refractivity contribution in [3.05, 3.63) is 155 Å². The summed E-state index contributed by atoms with van der Waals surface area (Å²) in [5, 5.41) is 10.9. The minimum Gasteiger partial charge on any atom is -0.508 e. The number of benzene rings is 4. The van der Waals surface area contributed by atoms with Crippen LogP contribution in [-0.2, 0) is 41.6 Å².